The number of halogens is 1. The third-order valence-corrected chi connectivity index (χ3v) is 2.53. The van der Waals surface area contributed by atoms with Crippen LogP contribution in [0.5, 0.6) is 0 Å². The van der Waals surface area contributed by atoms with Gasteiger partial charge in [-0.3, -0.25) is 0 Å². The minimum absolute atomic E-state index is 0.422. The fourth-order valence-corrected chi connectivity index (χ4v) is 1.92. The summed E-state index contributed by atoms with van der Waals surface area (Å²) in [5.74, 6) is 0.681. The molecule has 1 aromatic rings. The summed E-state index contributed by atoms with van der Waals surface area (Å²) >= 11 is 6.07. The van der Waals surface area contributed by atoms with Gasteiger partial charge in [0.05, 0.1) is 10.7 Å². The molecule has 0 saturated carbocycles. The van der Waals surface area contributed by atoms with Crippen molar-refractivity contribution in [2.45, 2.75) is 33.2 Å². The van der Waals surface area contributed by atoms with Gasteiger partial charge in [-0.15, -0.1) is 0 Å². The predicted octanol–water partition coefficient (Wildman–Crippen LogP) is 3.77. The summed E-state index contributed by atoms with van der Waals surface area (Å²) in [7, 11) is 0. The van der Waals surface area contributed by atoms with E-state index in [-0.39, 0.29) is 0 Å². The van der Waals surface area contributed by atoms with Gasteiger partial charge in [0, 0.05) is 11.7 Å². The van der Waals surface area contributed by atoms with E-state index in [1.807, 2.05) is 12.1 Å². The van der Waals surface area contributed by atoms with Crippen LogP contribution in [0.4, 0.5) is 11.4 Å². The van der Waals surface area contributed by atoms with Gasteiger partial charge in [-0.05, 0) is 37.5 Å². The molecule has 0 aromatic heterocycles. The highest BCUT2D eigenvalue weighted by atomic mass is 35.5. The first-order chi connectivity index (χ1) is 6.99. The lowest BCUT2D eigenvalue weighted by atomic mass is 10.1. The maximum atomic E-state index is 6.07. The second-order valence-electron chi connectivity index (χ2n) is 4.41. The van der Waals surface area contributed by atoms with E-state index in [4.69, 9.17) is 17.3 Å². The van der Waals surface area contributed by atoms with Gasteiger partial charge >= 0.3 is 0 Å². The smallest absolute Gasteiger partial charge is 0.0658 e. The number of anilines is 2. The lowest BCUT2D eigenvalue weighted by molar-refractivity contribution is 0.540. The molecule has 3 heteroatoms. The summed E-state index contributed by atoms with van der Waals surface area (Å²) in [6.07, 6.45) is 1.13. The topological polar surface area (TPSA) is 38.0 Å². The number of hydrogen-bond acceptors (Lipinski definition) is 2. The second-order valence-corrected chi connectivity index (χ2v) is 4.82. The fourth-order valence-electron chi connectivity index (χ4n) is 1.68. The monoisotopic (exact) mass is 226 g/mol. The number of nitrogen functional groups attached to an aromatic ring is 1. The van der Waals surface area contributed by atoms with E-state index < -0.39 is 0 Å². The Labute approximate surface area is 96.8 Å². The molecule has 0 amide bonds. The molecule has 0 aliphatic carbocycles. The van der Waals surface area contributed by atoms with Gasteiger partial charge in [0.1, 0.15) is 0 Å². The largest absolute Gasteiger partial charge is 0.399 e. The lowest BCUT2D eigenvalue weighted by Crippen LogP contribution is -2.17. The number of rotatable bonds is 4. The molecule has 2 nitrogen and oxygen atoms in total. The summed E-state index contributed by atoms with van der Waals surface area (Å²) in [6, 6.07) is 5.97. The van der Waals surface area contributed by atoms with E-state index >= 15 is 0 Å². The molecule has 1 atom stereocenters. The zero-order valence-corrected chi connectivity index (χ0v) is 10.3. The molecule has 0 bridgehead atoms. The fraction of sp³-hybridized carbons (Fsp3) is 0.500. The van der Waals surface area contributed by atoms with Gasteiger partial charge in [0.25, 0.3) is 0 Å². The third kappa shape index (κ3) is 4.00. The Morgan fingerprint density at radius 3 is 2.53 bits per heavy atom. The number of hydrogen-bond donors (Lipinski definition) is 2. The number of nitrogens with one attached hydrogen (secondary N) is 1. The van der Waals surface area contributed by atoms with Gasteiger partial charge in [-0.2, -0.15) is 0 Å². The van der Waals surface area contributed by atoms with E-state index in [0.717, 1.165) is 12.1 Å². The van der Waals surface area contributed by atoms with Crippen molar-refractivity contribution in [3.63, 3.8) is 0 Å². The van der Waals surface area contributed by atoms with E-state index in [1.165, 1.54) is 0 Å². The van der Waals surface area contributed by atoms with Crippen molar-refractivity contribution >= 4 is 23.0 Å². The van der Waals surface area contributed by atoms with Crippen molar-refractivity contribution in [3.05, 3.63) is 23.2 Å². The Balaban J connectivity index is 2.64. The minimum Gasteiger partial charge on any atom is -0.399 e. The third-order valence-electron chi connectivity index (χ3n) is 2.22. The normalized spacial score (nSPS) is 12.9. The number of nitrogens with two attached hydrogens (primary N) is 1. The van der Waals surface area contributed by atoms with Crippen molar-refractivity contribution in [2.75, 3.05) is 11.1 Å². The maximum absolute atomic E-state index is 6.07. The molecule has 0 aliphatic heterocycles. The average molecular weight is 227 g/mol. The molecule has 0 fully saturated rings. The van der Waals surface area contributed by atoms with Gasteiger partial charge < -0.3 is 11.1 Å². The predicted molar refractivity (Wildman–Crippen MR) is 68.4 cm³/mol. The van der Waals surface area contributed by atoms with Crippen molar-refractivity contribution in [3.8, 4) is 0 Å². The number of benzene rings is 1. The quantitative estimate of drug-likeness (QED) is 0.768. The highest BCUT2D eigenvalue weighted by Crippen LogP contribution is 2.25. The SMILES string of the molecule is CC(C)CC(C)Nc1ccc(N)cc1Cl. The zero-order chi connectivity index (χ0) is 11.4. The molecule has 3 N–H and O–H groups in total. The van der Waals surface area contributed by atoms with Crippen molar-refractivity contribution in [2.24, 2.45) is 5.92 Å². The van der Waals surface area contributed by atoms with Crippen LogP contribution in [0.3, 0.4) is 0 Å². The Kier molecular flexibility index (Phi) is 4.28. The highest BCUT2D eigenvalue weighted by molar-refractivity contribution is 6.33. The van der Waals surface area contributed by atoms with Crippen LogP contribution in [0.15, 0.2) is 18.2 Å². The minimum atomic E-state index is 0.422. The first-order valence-electron chi connectivity index (χ1n) is 5.30. The molecular weight excluding hydrogens is 208 g/mol. The molecule has 15 heavy (non-hydrogen) atoms. The standard InChI is InChI=1S/C12H19ClN2/c1-8(2)6-9(3)15-12-5-4-10(14)7-11(12)13/h4-5,7-9,15H,6,14H2,1-3H3. The van der Waals surface area contributed by atoms with Crippen LogP contribution in [0, 0.1) is 5.92 Å². The molecule has 0 spiro atoms. The zero-order valence-electron chi connectivity index (χ0n) is 9.55. The van der Waals surface area contributed by atoms with E-state index in [1.54, 1.807) is 6.07 Å². The van der Waals surface area contributed by atoms with Crippen LogP contribution >= 0.6 is 11.6 Å². The summed E-state index contributed by atoms with van der Waals surface area (Å²) in [4.78, 5) is 0. The molecule has 0 saturated heterocycles. The Morgan fingerprint density at radius 2 is 2.00 bits per heavy atom. The van der Waals surface area contributed by atoms with Crippen molar-refractivity contribution in [1.29, 1.82) is 0 Å². The molecule has 84 valence electrons. The van der Waals surface area contributed by atoms with Crippen molar-refractivity contribution < 1.29 is 0 Å². The molecule has 1 unspecified atom stereocenters. The van der Waals surface area contributed by atoms with E-state index in [0.29, 0.717) is 22.7 Å². The van der Waals surface area contributed by atoms with Crippen LogP contribution in [-0.4, -0.2) is 6.04 Å². The van der Waals surface area contributed by atoms with Gasteiger partial charge in [0.15, 0.2) is 0 Å². The molecule has 0 aliphatic rings. The molecule has 0 radical (unpaired) electrons. The lowest BCUT2D eigenvalue weighted by Gasteiger charge is -2.18. The second kappa shape index (κ2) is 5.26. The summed E-state index contributed by atoms with van der Waals surface area (Å²) in [5, 5.41) is 4.07. The summed E-state index contributed by atoms with van der Waals surface area (Å²) < 4.78 is 0. The average Bonchev–Trinajstić information content (AvgIpc) is 2.08. The van der Waals surface area contributed by atoms with Gasteiger partial charge in [0.2, 0.25) is 0 Å². The van der Waals surface area contributed by atoms with Crippen LogP contribution in [-0.2, 0) is 0 Å². The van der Waals surface area contributed by atoms with Crippen LogP contribution < -0.4 is 11.1 Å². The molecule has 0 heterocycles. The van der Waals surface area contributed by atoms with E-state index in [2.05, 4.69) is 26.1 Å². The summed E-state index contributed by atoms with van der Waals surface area (Å²) in [5.41, 5.74) is 7.28. The van der Waals surface area contributed by atoms with Crippen molar-refractivity contribution in [1.82, 2.24) is 0 Å². The molecular formula is C12H19ClN2. The van der Waals surface area contributed by atoms with Gasteiger partial charge in [-0.1, -0.05) is 25.4 Å². The Bertz CT molecular complexity index is 323. The first-order valence-corrected chi connectivity index (χ1v) is 5.68. The van der Waals surface area contributed by atoms with E-state index in [9.17, 15) is 0 Å². The Morgan fingerprint density at radius 1 is 1.33 bits per heavy atom. The van der Waals surface area contributed by atoms with Crippen LogP contribution in [0.1, 0.15) is 27.2 Å². The maximum Gasteiger partial charge on any atom is 0.0658 e. The molecule has 1 rings (SSSR count). The Hall–Kier alpha value is -0.890. The summed E-state index contributed by atoms with van der Waals surface area (Å²) in [6.45, 7) is 6.58. The molecule has 1 aromatic carbocycles. The highest BCUT2D eigenvalue weighted by Gasteiger charge is 2.07. The first kappa shape index (κ1) is 12.2. The van der Waals surface area contributed by atoms with Gasteiger partial charge in [-0.25, -0.2) is 0 Å². The van der Waals surface area contributed by atoms with Crippen LogP contribution in [0.25, 0.3) is 0 Å². The van der Waals surface area contributed by atoms with Crippen LogP contribution in [0.2, 0.25) is 5.02 Å².